The molecule has 96 valence electrons. The number of hydrogen-bond donors (Lipinski definition) is 2. The van der Waals surface area contributed by atoms with Crippen molar-refractivity contribution >= 4 is 11.8 Å². The van der Waals surface area contributed by atoms with E-state index >= 15 is 0 Å². The second-order valence-corrected chi connectivity index (χ2v) is 5.44. The molecule has 0 aliphatic carbocycles. The number of carbonyl (C=O) groups is 2. The van der Waals surface area contributed by atoms with Crippen LogP contribution in [0.1, 0.15) is 32.6 Å². The Balaban J connectivity index is 1.95. The van der Waals surface area contributed by atoms with Gasteiger partial charge < -0.3 is 16.0 Å². The standard InChI is InChI=1S/C12H21N3O2/c1-12(11(13)17)5-7-15(8-12)10(16)9-4-2-3-6-14-9/h9,14H,2-8H2,1H3,(H2,13,17). The van der Waals surface area contributed by atoms with Crippen molar-refractivity contribution in [1.82, 2.24) is 10.2 Å². The van der Waals surface area contributed by atoms with E-state index < -0.39 is 5.41 Å². The van der Waals surface area contributed by atoms with Crippen LogP contribution in [-0.4, -0.2) is 42.4 Å². The number of rotatable bonds is 2. The lowest BCUT2D eigenvalue weighted by molar-refractivity contribution is -0.134. The monoisotopic (exact) mass is 239 g/mol. The molecule has 2 saturated heterocycles. The Morgan fingerprint density at radius 3 is 2.71 bits per heavy atom. The van der Waals surface area contributed by atoms with Gasteiger partial charge in [0.25, 0.3) is 0 Å². The van der Waals surface area contributed by atoms with E-state index in [9.17, 15) is 9.59 Å². The van der Waals surface area contributed by atoms with E-state index in [4.69, 9.17) is 5.73 Å². The highest BCUT2D eigenvalue weighted by molar-refractivity contribution is 5.86. The molecule has 2 aliphatic heterocycles. The van der Waals surface area contributed by atoms with Crippen LogP contribution < -0.4 is 11.1 Å². The number of carbonyl (C=O) groups excluding carboxylic acids is 2. The molecule has 0 aromatic rings. The van der Waals surface area contributed by atoms with Gasteiger partial charge in [-0.3, -0.25) is 9.59 Å². The van der Waals surface area contributed by atoms with Crippen LogP contribution >= 0.6 is 0 Å². The summed E-state index contributed by atoms with van der Waals surface area (Å²) in [7, 11) is 0. The van der Waals surface area contributed by atoms with Gasteiger partial charge in [0.15, 0.2) is 0 Å². The summed E-state index contributed by atoms with van der Waals surface area (Å²) in [5, 5.41) is 3.24. The van der Waals surface area contributed by atoms with Gasteiger partial charge in [0, 0.05) is 13.1 Å². The van der Waals surface area contributed by atoms with Crippen molar-refractivity contribution in [2.24, 2.45) is 11.1 Å². The minimum absolute atomic E-state index is 0.0565. The number of nitrogens with two attached hydrogens (primary N) is 1. The first-order valence-corrected chi connectivity index (χ1v) is 6.35. The van der Waals surface area contributed by atoms with Gasteiger partial charge in [-0.15, -0.1) is 0 Å². The summed E-state index contributed by atoms with van der Waals surface area (Å²) in [6.07, 6.45) is 3.83. The first-order valence-electron chi connectivity index (χ1n) is 6.35. The molecule has 0 radical (unpaired) electrons. The third-order valence-electron chi connectivity index (χ3n) is 3.99. The van der Waals surface area contributed by atoms with Crippen LogP contribution in [0.25, 0.3) is 0 Å². The van der Waals surface area contributed by atoms with Crippen molar-refractivity contribution in [3.8, 4) is 0 Å². The molecule has 0 bridgehead atoms. The zero-order valence-electron chi connectivity index (χ0n) is 10.4. The zero-order valence-corrected chi connectivity index (χ0v) is 10.4. The summed E-state index contributed by atoms with van der Waals surface area (Å²) in [4.78, 5) is 25.3. The van der Waals surface area contributed by atoms with E-state index in [1.807, 2.05) is 6.92 Å². The van der Waals surface area contributed by atoms with Crippen molar-refractivity contribution < 1.29 is 9.59 Å². The largest absolute Gasteiger partial charge is 0.369 e. The van der Waals surface area contributed by atoms with E-state index in [0.717, 1.165) is 25.8 Å². The van der Waals surface area contributed by atoms with Gasteiger partial charge in [-0.25, -0.2) is 0 Å². The number of hydrogen-bond acceptors (Lipinski definition) is 3. The highest BCUT2D eigenvalue weighted by Crippen LogP contribution is 2.30. The maximum atomic E-state index is 12.2. The first-order chi connectivity index (χ1) is 8.03. The third-order valence-corrected chi connectivity index (χ3v) is 3.99. The van der Waals surface area contributed by atoms with Gasteiger partial charge in [-0.1, -0.05) is 6.42 Å². The second kappa shape index (κ2) is 4.64. The lowest BCUT2D eigenvalue weighted by atomic mass is 9.89. The molecule has 5 heteroatoms. The normalized spacial score (nSPS) is 33.7. The molecular weight excluding hydrogens is 218 g/mol. The number of primary amides is 1. The minimum atomic E-state index is -0.537. The molecular formula is C12H21N3O2. The molecule has 2 heterocycles. The molecule has 5 nitrogen and oxygen atoms in total. The van der Waals surface area contributed by atoms with Crippen LogP contribution in [0.2, 0.25) is 0 Å². The van der Waals surface area contributed by atoms with Crippen LogP contribution in [0, 0.1) is 5.41 Å². The molecule has 2 rings (SSSR count). The second-order valence-electron chi connectivity index (χ2n) is 5.44. The molecule has 0 saturated carbocycles. The van der Waals surface area contributed by atoms with Crippen LogP contribution in [0.3, 0.4) is 0 Å². The number of likely N-dealkylation sites (tertiary alicyclic amines) is 1. The molecule has 17 heavy (non-hydrogen) atoms. The smallest absolute Gasteiger partial charge is 0.239 e. The van der Waals surface area contributed by atoms with E-state index in [1.54, 1.807) is 4.90 Å². The van der Waals surface area contributed by atoms with Crippen molar-refractivity contribution in [2.45, 2.75) is 38.6 Å². The molecule has 2 atom stereocenters. The van der Waals surface area contributed by atoms with Gasteiger partial charge in [0.2, 0.25) is 11.8 Å². The topological polar surface area (TPSA) is 75.4 Å². The fraction of sp³-hybridized carbons (Fsp3) is 0.833. The van der Waals surface area contributed by atoms with Gasteiger partial charge in [-0.2, -0.15) is 0 Å². The predicted molar refractivity (Wildman–Crippen MR) is 64.1 cm³/mol. The zero-order chi connectivity index (χ0) is 12.5. The summed E-state index contributed by atoms with van der Waals surface area (Å²) in [5.74, 6) is -0.168. The summed E-state index contributed by atoms with van der Waals surface area (Å²) in [6, 6.07) is -0.0565. The third kappa shape index (κ3) is 2.44. The van der Waals surface area contributed by atoms with E-state index in [0.29, 0.717) is 19.5 Å². The van der Waals surface area contributed by atoms with E-state index in [-0.39, 0.29) is 17.9 Å². The molecule has 3 N–H and O–H groups in total. The van der Waals surface area contributed by atoms with Gasteiger partial charge in [0.05, 0.1) is 11.5 Å². The van der Waals surface area contributed by atoms with Crippen molar-refractivity contribution in [3.63, 3.8) is 0 Å². The maximum Gasteiger partial charge on any atom is 0.239 e. The number of nitrogens with zero attached hydrogens (tertiary/aromatic N) is 1. The molecule has 2 aliphatic rings. The molecule has 2 amide bonds. The lowest BCUT2D eigenvalue weighted by Gasteiger charge is -2.28. The average Bonchev–Trinajstić information content (AvgIpc) is 2.74. The number of nitrogens with one attached hydrogen (secondary N) is 1. The molecule has 0 spiro atoms. The van der Waals surface area contributed by atoms with Crippen LogP contribution in [0.4, 0.5) is 0 Å². The first kappa shape index (κ1) is 12.4. The number of amides is 2. The van der Waals surface area contributed by atoms with Crippen molar-refractivity contribution in [1.29, 1.82) is 0 Å². The Morgan fingerprint density at radius 1 is 1.41 bits per heavy atom. The van der Waals surface area contributed by atoms with Gasteiger partial charge >= 0.3 is 0 Å². The Kier molecular flexibility index (Phi) is 3.38. The summed E-state index contributed by atoms with van der Waals surface area (Å²) in [5.41, 5.74) is 4.84. The highest BCUT2D eigenvalue weighted by atomic mass is 16.2. The lowest BCUT2D eigenvalue weighted by Crippen LogP contribution is -2.49. The highest BCUT2D eigenvalue weighted by Gasteiger charge is 2.42. The average molecular weight is 239 g/mol. The van der Waals surface area contributed by atoms with Gasteiger partial charge in [0.1, 0.15) is 0 Å². The SMILES string of the molecule is CC1(C(N)=O)CCN(C(=O)C2CCCCN2)C1. The van der Waals surface area contributed by atoms with Crippen molar-refractivity contribution in [2.75, 3.05) is 19.6 Å². The quantitative estimate of drug-likeness (QED) is 0.704. The molecule has 0 aromatic carbocycles. The van der Waals surface area contributed by atoms with E-state index in [1.165, 1.54) is 0 Å². The molecule has 2 fully saturated rings. The summed E-state index contributed by atoms with van der Waals surface area (Å²) in [6.45, 7) is 3.88. The Labute approximate surface area is 102 Å². The Morgan fingerprint density at radius 2 is 2.18 bits per heavy atom. The van der Waals surface area contributed by atoms with Crippen LogP contribution in [-0.2, 0) is 9.59 Å². The molecule has 2 unspecified atom stereocenters. The fourth-order valence-electron chi connectivity index (χ4n) is 2.63. The maximum absolute atomic E-state index is 12.2. The minimum Gasteiger partial charge on any atom is -0.369 e. The summed E-state index contributed by atoms with van der Waals surface area (Å²) < 4.78 is 0. The van der Waals surface area contributed by atoms with Crippen molar-refractivity contribution in [3.05, 3.63) is 0 Å². The fourth-order valence-corrected chi connectivity index (χ4v) is 2.63. The summed E-state index contributed by atoms with van der Waals surface area (Å²) >= 11 is 0. The van der Waals surface area contributed by atoms with Crippen LogP contribution in [0.15, 0.2) is 0 Å². The van der Waals surface area contributed by atoms with E-state index in [2.05, 4.69) is 5.32 Å². The Hall–Kier alpha value is -1.10. The Bertz CT molecular complexity index is 326. The van der Waals surface area contributed by atoms with Gasteiger partial charge in [-0.05, 0) is 32.7 Å². The van der Waals surface area contributed by atoms with Crippen LogP contribution in [0.5, 0.6) is 0 Å². The molecule has 0 aromatic heterocycles. The predicted octanol–water partition coefficient (Wildman–Crippen LogP) is -0.148. The number of piperidine rings is 1.